The summed E-state index contributed by atoms with van der Waals surface area (Å²) in [5.41, 5.74) is 1.83. The molecule has 1 amide bonds. The Hall–Kier alpha value is -2.95. The lowest BCUT2D eigenvalue weighted by molar-refractivity contribution is 0.0705. The van der Waals surface area contributed by atoms with Crippen LogP contribution in [0.2, 0.25) is 0 Å². The zero-order valence-corrected chi connectivity index (χ0v) is 15.0. The minimum atomic E-state index is -0.0548. The molecular formula is C22H21NO4. The molecule has 5 rings (SSSR count). The molecule has 0 radical (unpaired) electrons. The van der Waals surface area contributed by atoms with Crippen molar-refractivity contribution in [2.24, 2.45) is 0 Å². The lowest BCUT2D eigenvalue weighted by Crippen LogP contribution is -2.30. The summed E-state index contributed by atoms with van der Waals surface area (Å²) in [6.45, 7) is 2.06. The molecule has 5 nitrogen and oxygen atoms in total. The Morgan fingerprint density at radius 1 is 0.963 bits per heavy atom. The van der Waals surface area contributed by atoms with Gasteiger partial charge in [0.1, 0.15) is 5.58 Å². The van der Waals surface area contributed by atoms with E-state index >= 15 is 0 Å². The van der Waals surface area contributed by atoms with Gasteiger partial charge in [0.15, 0.2) is 17.3 Å². The summed E-state index contributed by atoms with van der Waals surface area (Å²) in [5.74, 6) is 1.90. The molecule has 1 fully saturated rings. The third-order valence-electron chi connectivity index (χ3n) is 5.31. The average molecular weight is 363 g/mol. The summed E-state index contributed by atoms with van der Waals surface area (Å²) in [7, 11) is 0. The van der Waals surface area contributed by atoms with E-state index in [0.717, 1.165) is 53.8 Å². The molecule has 1 aromatic heterocycles. The minimum absolute atomic E-state index is 0.0304. The van der Waals surface area contributed by atoms with Crippen LogP contribution in [0.1, 0.15) is 41.4 Å². The quantitative estimate of drug-likeness (QED) is 0.669. The second-order valence-corrected chi connectivity index (χ2v) is 7.06. The highest BCUT2D eigenvalue weighted by Gasteiger charge is 2.33. The summed E-state index contributed by atoms with van der Waals surface area (Å²) >= 11 is 0. The van der Waals surface area contributed by atoms with Crippen LogP contribution in [0.3, 0.4) is 0 Å². The molecular weight excluding hydrogens is 342 g/mol. The van der Waals surface area contributed by atoms with Crippen molar-refractivity contribution in [2.45, 2.75) is 25.3 Å². The van der Waals surface area contributed by atoms with Gasteiger partial charge in [-0.15, -0.1) is 0 Å². The van der Waals surface area contributed by atoms with E-state index in [9.17, 15) is 4.79 Å². The largest absolute Gasteiger partial charge is 0.490 e. The lowest BCUT2D eigenvalue weighted by Gasteiger charge is -2.24. The van der Waals surface area contributed by atoms with Gasteiger partial charge in [0.05, 0.1) is 19.3 Å². The first kappa shape index (κ1) is 16.2. The summed E-state index contributed by atoms with van der Waals surface area (Å²) in [6, 6.07) is 15.6. The Balaban J connectivity index is 1.44. The van der Waals surface area contributed by atoms with Gasteiger partial charge in [0.2, 0.25) is 0 Å². The van der Waals surface area contributed by atoms with Crippen LogP contribution in [-0.4, -0.2) is 30.6 Å². The molecule has 1 unspecified atom stereocenters. The van der Waals surface area contributed by atoms with Crippen molar-refractivity contribution in [1.82, 2.24) is 4.90 Å². The number of fused-ring (bicyclic) bond motifs is 2. The molecule has 0 aliphatic carbocycles. The molecule has 0 bridgehead atoms. The van der Waals surface area contributed by atoms with E-state index in [1.165, 1.54) is 0 Å². The Labute approximate surface area is 157 Å². The zero-order valence-electron chi connectivity index (χ0n) is 15.0. The second kappa shape index (κ2) is 6.65. The third-order valence-corrected chi connectivity index (χ3v) is 5.31. The number of hydrogen-bond acceptors (Lipinski definition) is 4. The molecule has 0 spiro atoms. The van der Waals surface area contributed by atoms with Crippen LogP contribution in [0, 0.1) is 0 Å². The molecule has 2 aromatic carbocycles. The van der Waals surface area contributed by atoms with E-state index in [1.54, 1.807) is 0 Å². The summed E-state index contributed by atoms with van der Waals surface area (Å²) in [5, 5.41) is 0.951. The van der Waals surface area contributed by atoms with Crippen LogP contribution in [0.25, 0.3) is 11.0 Å². The summed E-state index contributed by atoms with van der Waals surface area (Å²) in [6.07, 6.45) is 2.79. The van der Waals surface area contributed by atoms with E-state index in [-0.39, 0.29) is 11.9 Å². The molecule has 3 heterocycles. The Bertz CT molecular complexity index is 960. The van der Waals surface area contributed by atoms with Gasteiger partial charge in [-0.2, -0.15) is 0 Å². The first-order chi connectivity index (χ1) is 13.3. The maximum Gasteiger partial charge on any atom is 0.290 e. The first-order valence-electron chi connectivity index (χ1n) is 9.49. The predicted molar refractivity (Wildman–Crippen MR) is 101 cm³/mol. The number of carbonyl (C=O) groups is 1. The molecule has 1 atom stereocenters. The number of likely N-dealkylation sites (tertiary alicyclic amines) is 1. The lowest BCUT2D eigenvalue weighted by atomic mass is 10.0. The zero-order chi connectivity index (χ0) is 18.2. The van der Waals surface area contributed by atoms with Gasteiger partial charge in [0, 0.05) is 18.4 Å². The number of carbonyl (C=O) groups excluding carboxylic acids is 1. The van der Waals surface area contributed by atoms with Crippen molar-refractivity contribution in [3.63, 3.8) is 0 Å². The van der Waals surface area contributed by atoms with Crippen molar-refractivity contribution in [1.29, 1.82) is 0 Å². The monoisotopic (exact) mass is 363 g/mol. The maximum atomic E-state index is 13.1. The first-order valence-corrected chi connectivity index (χ1v) is 9.49. The fourth-order valence-corrected chi connectivity index (χ4v) is 3.97. The topological polar surface area (TPSA) is 51.9 Å². The Kier molecular flexibility index (Phi) is 4.00. The average Bonchev–Trinajstić information content (AvgIpc) is 3.29. The standard InChI is InChI=1S/C22H21NO4/c24-22(21-14-16-5-1-2-7-18(16)27-21)23-10-3-6-17(23)15-8-9-19-20(13-15)26-12-4-11-25-19/h1-2,5,7-9,13-14,17H,3-4,6,10-12H2. The molecule has 0 saturated carbocycles. The van der Waals surface area contributed by atoms with Gasteiger partial charge >= 0.3 is 0 Å². The van der Waals surface area contributed by atoms with Crippen molar-refractivity contribution in [2.75, 3.05) is 19.8 Å². The molecule has 2 aliphatic heterocycles. The van der Waals surface area contributed by atoms with Crippen LogP contribution in [-0.2, 0) is 0 Å². The molecule has 0 N–H and O–H groups in total. The van der Waals surface area contributed by atoms with Crippen molar-refractivity contribution in [3.05, 3.63) is 59.9 Å². The maximum absolute atomic E-state index is 13.1. The van der Waals surface area contributed by atoms with Crippen LogP contribution in [0.5, 0.6) is 11.5 Å². The molecule has 138 valence electrons. The van der Waals surface area contributed by atoms with E-state index in [4.69, 9.17) is 13.9 Å². The molecule has 1 saturated heterocycles. The van der Waals surface area contributed by atoms with Gasteiger partial charge in [-0.3, -0.25) is 4.79 Å². The number of hydrogen-bond donors (Lipinski definition) is 0. The Morgan fingerprint density at radius 3 is 2.70 bits per heavy atom. The number of benzene rings is 2. The highest BCUT2D eigenvalue weighted by Crippen LogP contribution is 2.38. The van der Waals surface area contributed by atoms with Crippen LogP contribution >= 0.6 is 0 Å². The summed E-state index contributed by atoms with van der Waals surface area (Å²) in [4.78, 5) is 15.0. The van der Waals surface area contributed by atoms with E-state index < -0.39 is 0 Å². The highest BCUT2D eigenvalue weighted by molar-refractivity contribution is 5.96. The van der Waals surface area contributed by atoms with Crippen LogP contribution in [0.15, 0.2) is 52.9 Å². The SMILES string of the molecule is O=C(c1cc2ccccc2o1)N1CCCC1c1ccc2c(c1)OCCCO2. The Morgan fingerprint density at radius 2 is 1.81 bits per heavy atom. The number of para-hydroxylation sites is 1. The number of amides is 1. The van der Waals surface area contributed by atoms with E-state index in [0.29, 0.717) is 19.0 Å². The highest BCUT2D eigenvalue weighted by atomic mass is 16.5. The van der Waals surface area contributed by atoms with Gasteiger partial charge in [-0.25, -0.2) is 0 Å². The van der Waals surface area contributed by atoms with Crippen LogP contribution in [0.4, 0.5) is 0 Å². The van der Waals surface area contributed by atoms with Crippen LogP contribution < -0.4 is 9.47 Å². The number of ether oxygens (including phenoxy) is 2. The minimum Gasteiger partial charge on any atom is -0.490 e. The van der Waals surface area contributed by atoms with Crippen molar-refractivity contribution in [3.8, 4) is 11.5 Å². The van der Waals surface area contributed by atoms with Crippen molar-refractivity contribution < 1.29 is 18.7 Å². The number of nitrogens with zero attached hydrogens (tertiary/aromatic N) is 1. The van der Waals surface area contributed by atoms with Gasteiger partial charge < -0.3 is 18.8 Å². The third kappa shape index (κ3) is 2.93. The fraction of sp³-hybridized carbons (Fsp3) is 0.318. The fourth-order valence-electron chi connectivity index (χ4n) is 3.97. The normalized spacial score (nSPS) is 19.3. The summed E-state index contributed by atoms with van der Waals surface area (Å²) < 4.78 is 17.3. The van der Waals surface area contributed by atoms with E-state index in [2.05, 4.69) is 0 Å². The number of rotatable bonds is 2. The molecule has 3 aromatic rings. The van der Waals surface area contributed by atoms with Crippen molar-refractivity contribution >= 4 is 16.9 Å². The molecule has 5 heteroatoms. The van der Waals surface area contributed by atoms with Gasteiger partial charge in [-0.05, 0) is 42.7 Å². The van der Waals surface area contributed by atoms with Gasteiger partial charge in [0.25, 0.3) is 5.91 Å². The molecule has 27 heavy (non-hydrogen) atoms. The predicted octanol–water partition coefficient (Wildman–Crippen LogP) is 4.57. The smallest absolute Gasteiger partial charge is 0.290 e. The second-order valence-electron chi connectivity index (χ2n) is 7.06. The van der Waals surface area contributed by atoms with E-state index in [1.807, 2.05) is 53.4 Å². The molecule has 2 aliphatic rings. The number of furan rings is 1. The van der Waals surface area contributed by atoms with Gasteiger partial charge in [-0.1, -0.05) is 24.3 Å².